The Morgan fingerprint density at radius 2 is 2.07 bits per heavy atom. The van der Waals surface area contributed by atoms with Gasteiger partial charge in [-0.2, -0.15) is 0 Å². The lowest BCUT2D eigenvalue weighted by atomic mass is 10.1. The first kappa shape index (κ1) is 14.6. The number of carbonyl (C=O) groups is 1. The third-order valence-corrected chi connectivity index (χ3v) is 3.51. The van der Waals surface area contributed by atoms with Crippen molar-refractivity contribution in [3.8, 4) is 0 Å². The Balaban J connectivity index is 3.48. The molecule has 0 aromatic carbocycles. The molecule has 0 aliphatic rings. The summed E-state index contributed by atoms with van der Waals surface area (Å²) in [6.45, 7) is 0. The lowest BCUT2D eigenvalue weighted by molar-refractivity contribution is -0.138. The van der Waals surface area contributed by atoms with Crippen LogP contribution in [0.4, 0.5) is 0 Å². The summed E-state index contributed by atoms with van der Waals surface area (Å²) >= 11 is 0. The molecule has 0 bridgehead atoms. The molecular formula is C8H18NO5P. The van der Waals surface area contributed by atoms with Gasteiger partial charge in [-0.05, 0) is 12.8 Å². The molecule has 2 unspecified atom stereocenters. The Hall–Kier alpha value is -0.420. The first-order chi connectivity index (χ1) is 6.89. The highest BCUT2D eigenvalue weighted by molar-refractivity contribution is 7.52. The van der Waals surface area contributed by atoms with Crippen LogP contribution in [0.5, 0.6) is 0 Å². The fraction of sp³-hybridized carbons (Fsp3) is 0.875. The maximum absolute atomic E-state index is 11.0. The summed E-state index contributed by atoms with van der Waals surface area (Å²) in [7, 11) is -2.21. The summed E-state index contributed by atoms with van der Waals surface area (Å²) in [5.74, 6) is -1.01. The van der Waals surface area contributed by atoms with Crippen LogP contribution in [0, 0.1) is 0 Å². The Kier molecular flexibility index (Phi) is 6.76. The molecule has 0 aromatic heterocycles. The molecule has 0 amide bonds. The van der Waals surface area contributed by atoms with E-state index < -0.39 is 19.6 Å². The molecule has 0 radical (unpaired) electrons. The van der Waals surface area contributed by atoms with Gasteiger partial charge < -0.3 is 20.3 Å². The normalized spacial score (nSPS) is 17.0. The van der Waals surface area contributed by atoms with E-state index in [9.17, 15) is 9.36 Å². The lowest BCUT2D eigenvalue weighted by Gasteiger charge is -2.08. The van der Waals surface area contributed by atoms with Crippen LogP contribution in [0.2, 0.25) is 0 Å². The number of unbranched alkanes of at least 4 members (excludes halogenated alkanes) is 2. The molecule has 15 heavy (non-hydrogen) atoms. The fourth-order valence-corrected chi connectivity index (χ4v) is 1.87. The summed E-state index contributed by atoms with van der Waals surface area (Å²) < 4.78 is 15.4. The van der Waals surface area contributed by atoms with Crippen molar-refractivity contribution < 1.29 is 23.9 Å². The smallest absolute Gasteiger partial charge is 0.327 e. The van der Waals surface area contributed by atoms with Crippen LogP contribution in [0.25, 0.3) is 0 Å². The summed E-state index contributed by atoms with van der Waals surface area (Å²) in [6, 6.07) is -0.839. The van der Waals surface area contributed by atoms with E-state index in [0.29, 0.717) is 25.7 Å². The number of aliphatic carboxylic acids is 1. The van der Waals surface area contributed by atoms with Crippen molar-refractivity contribution in [2.24, 2.45) is 5.73 Å². The average Bonchev–Trinajstić information content (AvgIpc) is 2.16. The highest BCUT2D eigenvalue weighted by Crippen LogP contribution is 2.41. The number of hydrogen-bond donors (Lipinski definition) is 3. The van der Waals surface area contributed by atoms with Crippen molar-refractivity contribution in [1.29, 1.82) is 0 Å². The van der Waals surface area contributed by atoms with Crippen LogP contribution < -0.4 is 5.73 Å². The summed E-state index contributed by atoms with van der Waals surface area (Å²) in [5.41, 5.74) is 5.28. The maximum atomic E-state index is 11.0. The average molecular weight is 239 g/mol. The molecule has 0 aromatic rings. The van der Waals surface area contributed by atoms with E-state index in [1.165, 1.54) is 7.11 Å². The molecular weight excluding hydrogens is 221 g/mol. The monoisotopic (exact) mass is 239 g/mol. The van der Waals surface area contributed by atoms with E-state index in [1.807, 2.05) is 0 Å². The molecule has 0 saturated carbocycles. The first-order valence-electron chi connectivity index (χ1n) is 4.75. The van der Waals surface area contributed by atoms with Crippen molar-refractivity contribution in [2.75, 3.05) is 13.3 Å². The zero-order valence-electron chi connectivity index (χ0n) is 8.76. The molecule has 7 heteroatoms. The van der Waals surface area contributed by atoms with Gasteiger partial charge in [0.25, 0.3) is 0 Å². The highest BCUT2D eigenvalue weighted by atomic mass is 31.2. The van der Waals surface area contributed by atoms with Gasteiger partial charge in [-0.25, -0.2) is 0 Å². The van der Waals surface area contributed by atoms with Gasteiger partial charge in [0.1, 0.15) is 6.04 Å². The van der Waals surface area contributed by atoms with E-state index in [-0.39, 0.29) is 6.16 Å². The molecule has 4 N–H and O–H groups in total. The Morgan fingerprint density at radius 1 is 1.47 bits per heavy atom. The van der Waals surface area contributed by atoms with Crippen LogP contribution in [-0.2, 0) is 13.9 Å². The van der Waals surface area contributed by atoms with E-state index in [4.69, 9.17) is 15.7 Å². The minimum Gasteiger partial charge on any atom is -0.480 e. The quantitative estimate of drug-likeness (QED) is 0.426. The zero-order chi connectivity index (χ0) is 11.9. The van der Waals surface area contributed by atoms with Crippen LogP contribution in [-0.4, -0.2) is 35.3 Å². The Bertz CT molecular complexity index is 245. The Morgan fingerprint density at radius 3 is 2.53 bits per heavy atom. The molecule has 0 saturated heterocycles. The molecule has 6 nitrogen and oxygen atoms in total. The summed E-state index contributed by atoms with van der Waals surface area (Å²) in [5, 5.41) is 8.48. The SMILES string of the molecule is COP(=O)(O)CCCCCC(N)C(=O)O. The van der Waals surface area contributed by atoms with Crippen LogP contribution in [0.3, 0.4) is 0 Å². The highest BCUT2D eigenvalue weighted by Gasteiger charge is 2.16. The van der Waals surface area contributed by atoms with Gasteiger partial charge in [-0.3, -0.25) is 9.36 Å². The van der Waals surface area contributed by atoms with Crippen LogP contribution in [0.15, 0.2) is 0 Å². The van der Waals surface area contributed by atoms with E-state index >= 15 is 0 Å². The second kappa shape index (κ2) is 6.95. The minimum absolute atomic E-state index is 0.103. The first-order valence-corrected chi connectivity index (χ1v) is 6.51. The molecule has 0 spiro atoms. The van der Waals surface area contributed by atoms with Gasteiger partial charge in [0.15, 0.2) is 0 Å². The molecule has 90 valence electrons. The molecule has 0 aliphatic carbocycles. The van der Waals surface area contributed by atoms with Crippen LogP contribution in [0.1, 0.15) is 25.7 Å². The van der Waals surface area contributed by atoms with Gasteiger partial charge in [0.2, 0.25) is 0 Å². The second-order valence-corrected chi connectivity index (χ2v) is 5.42. The number of carboxylic acids is 1. The van der Waals surface area contributed by atoms with Crippen molar-refractivity contribution in [2.45, 2.75) is 31.7 Å². The van der Waals surface area contributed by atoms with Crippen molar-refractivity contribution in [3.05, 3.63) is 0 Å². The topological polar surface area (TPSA) is 110 Å². The summed E-state index contributed by atoms with van der Waals surface area (Å²) in [4.78, 5) is 19.4. The molecule has 0 rings (SSSR count). The fourth-order valence-electron chi connectivity index (χ4n) is 1.07. The third kappa shape index (κ3) is 7.50. The van der Waals surface area contributed by atoms with E-state index in [2.05, 4.69) is 4.52 Å². The maximum Gasteiger partial charge on any atom is 0.327 e. The van der Waals surface area contributed by atoms with Gasteiger partial charge >= 0.3 is 13.6 Å². The van der Waals surface area contributed by atoms with E-state index in [0.717, 1.165) is 0 Å². The number of nitrogens with two attached hydrogens (primary N) is 1. The largest absolute Gasteiger partial charge is 0.480 e. The Labute approximate surface area is 89.0 Å². The van der Waals surface area contributed by atoms with E-state index in [1.54, 1.807) is 0 Å². The van der Waals surface area contributed by atoms with Crippen molar-refractivity contribution >= 4 is 13.6 Å². The third-order valence-electron chi connectivity index (χ3n) is 2.06. The molecule has 0 fully saturated rings. The molecule has 0 aliphatic heterocycles. The molecule has 0 heterocycles. The zero-order valence-corrected chi connectivity index (χ0v) is 9.65. The standard InChI is InChI=1S/C8H18NO5P/c1-14-15(12,13)6-4-2-3-5-7(9)8(10)11/h7H,2-6,9H2,1H3,(H,10,11)(H,12,13). The minimum atomic E-state index is -3.40. The van der Waals surface area contributed by atoms with Gasteiger partial charge in [0, 0.05) is 13.3 Å². The number of carboxylic acid groups (broad SMARTS) is 1. The van der Waals surface area contributed by atoms with Crippen LogP contribution >= 0.6 is 7.60 Å². The number of hydrogen-bond acceptors (Lipinski definition) is 4. The lowest BCUT2D eigenvalue weighted by Crippen LogP contribution is -2.29. The second-order valence-electron chi connectivity index (χ2n) is 3.34. The number of rotatable bonds is 8. The van der Waals surface area contributed by atoms with Gasteiger partial charge in [-0.1, -0.05) is 12.8 Å². The van der Waals surface area contributed by atoms with Gasteiger partial charge in [-0.15, -0.1) is 0 Å². The molecule has 2 atom stereocenters. The van der Waals surface area contributed by atoms with Crippen molar-refractivity contribution in [3.63, 3.8) is 0 Å². The predicted octanol–water partition coefficient (Wildman–Crippen LogP) is 0.790. The predicted molar refractivity (Wildman–Crippen MR) is 55.8 cm³/mol. The van der Waals surface area contributed by atoms with Gasteiger partial charge in [0.05, 0.1) is 0 Å². The van der Waals surface area contributed by atoms with Crippen molar-refractivity contribution in [1.82, 2.24) is 0 Å². The summed E-state index contributed by atoms with van der Waals surface area (Å²) in [6.07, 6.45) is 2.34.